The number of aliphatic hydroxyl groups excluding tert-OH is 4. The fourth-order valence-electron chi connectivity index (χ4n) is 7.75. The molecule has 4 saturated carbocycles. The van der Waals surface area contributed by atoms with E-state index in [1.807, 2.05) is 13.8 Å². The van der Waals surface area contributed by atoms with E-state index >= 15 is 0 Å². The van der Waals surface area contributed by atoms with Crippen LogP contribution in [0.5, 0.6) is 0 Å². The van der Waals surface area contributed by atoms with Crippen LogP contribution in [0.3, 0.4) is 0 Å². The molecule has 5 heteroatoms. The maximum atomic E-state index is 13.3. The smallest absolute Gasteiger partial charge is 0.147 e. The van der Waals surface area contributed by atoms with Crippen LogP contribution in [0.1, 0.15) is 53.4 Å². The normalized spacial score (nSPS) is 60.1. The van der Waals surface area contributed by atoms with Crippen LogP contribution < -0.4 is 0 Å². The van der Waals surface area contributed by atoms with Gasteiger partial charge in [-0.05, 0) is 42.9 Å². The van der Waals surface area contributed by atoms with Gasteiger partial charge in [0.05, 0.1) is 29.8 Å². The van der Waals surface area contributed by atoms with E-state index in [1.54, 1.807) is 0 Å². The molecule has 25 heavy (non-hydrogen) atoms. The lowest BCUT2D eigenvalue weighted by atomic mass is 9.38. The van der Waals surface area contributed by atoms with Crippen molar-refractivity contribution in [2.75, 3.05) is 0 Å². The second-order valence-corrected chi connectivity index (χ2v) is 10.2. The largest absolute Gasteiger partial charge is 0.393 e. The van der Waals surface area contributed by atoms with E-state index in [4.69, 9.17) is 0 Å². The van der Waals surface area contributed by atoms with Gasteiger partial charge in [-0.3, -0.25) is 4.79 Å². The Hall–Kier alpha value is -0.490. The van der Waals surface area contributed by atoms with Gasteiger partial charge in [0, 0.05) is 17.3 Å². The maximum Gasteiger partial charge on any atom is 0.147 e. The summed E-state index contributed by atoms with van der Waals surface area (Å²) in [7, 11) is 0. The van der Waals surface area contributed by atoms with Crippen molar-refractivity contribution in [2.45, 2.75) is 77.8 Å². The number of ketones is 1. The predicted molar refractivity (Wildman–Crippen MR) is 91.5 cm³/mol. The molecule has 4 fully saturated rings. The number of fused-ring (bicyclic) bond motifs is 3. The first-order valence-electron chi connectivity index (χ1n) is 9.77. The van der Waals surface area contributed by atoms with E-state index in [-0.39, 0.29) is 29.0 Å². The second-order valence-electron chi connectivity index (χ2n) is 10.2. The summed E-state index contributed by atoms with van der Waals surface area (Å²) in [6.07, 6.45) is -1.09. The molecule has 4 aliphatic rings. The molecule has 0 aromatic carbocycles. The highest BCUT2D eigenvalue weighted by Crippen LogP contribution is 2.71. The minimum atomic E-state index is -1.33. The topological polar surface area (TPSA) is 98.0 Å². The Labute approximate surface area is 149 Å². The van der Waals surface area contributed by atoms with E-state index in [1.165, 1.54) is 0 Å². The third kappa shape index (κ3) is 1.81. The number of rotatable bonds is 0. The molecular formula is C20H32O5. The van der Waals surface area contributed by atoms with E-state index in [9.17, 15) is 25.2 Å². The summed E-state index contributed by atoms with van der Waals surface area (Å²) in [6.45, 7) is 8.09. The molecule has 4 N–H and O–H groups in total. The van der Waals surface area contributed by atoms with Crippen LogP contribution in [0.25, 0.3) is 0 Å². The van der Waals surface area contributed by atoms with Crippen molar-refractivity contribution in [3.63, 3.8) is 0 Å². The number of aliphatic hydroxyl groups is 4. The van der Waals surface area contributed by atoms with Crippen molar-refractivity contribution >= 4 is 5.78 Å². The van der Waals surface area contributed by atoms with Crippen molar-refractivity contribution in [3.8, 4) is 0 Å². The van der Waals surface area contributed by atoms with Crippen LogP contribution in [0.15, 0.2) is 0 Å². The molecule has 7 unspecified atom stereocenters. The van der Waals surface area contributed by atoms with Crippen molar-refractivity contribution in [2.24, 2.45) is 39.9 Å². The molecule has 4 rings (SSSR count). The first-order valence-corrected chi connectivity index (χ1v) is 9.77. The van der Waals surface area contributed by atoms with Gasteiger partial charge in [-0.2, -0.15) is 0 Å². The highest BCUT2D eigenvalue weighted by molar-refractivity contribution is 5.92. The summed E-state index contributed by atoms with van der Waals surface area (Å²) in [4.78, 5) is 13.3. The lowest BCUT2D eigenvalue weighted by Crippen LogP contribution is -2.72. The zero-order valence-corrected chi connectivity index (χ0v) is 15.6. The van der Waals surface area contributed by atoms with E-state index < -0.39 is 41.2 Å². The molecule has 10 atom stereocenters. The third-order valence-electron chi connectivity index (χ3n) is 8.95. The molecule has 5 nitrogen and oxygen atoms in total. The van der Waals surface area contributed by atoms with Gasteiger partial charge in [0.1, 0.15) is 5.78 Å². The van der Waals surface area contributed by atoms with Crippen LogP contribution >= 0.6 is 0 Å². The molecule has 0 radical (unpaired) electrons. The van der Waals surface area contributed by atoms with Gasteiger partial charge < -0.3 is 20.4 Å². The van der Waals surface area contributed by atoms with Gasteiger partial charge in [0.2, 0.25) is 0 Å². The molecule has 2 bridgehead atoms. The Kier molecular flexibility index (Phi) is 3.62. The standard InChI is InChI=1S/C20H32O5/c1-9-10-7-11(21)15-19(4)12(18(2,3)6-5-13(19)22)8-14(23)20(15,16(9)24)17(10)25/h9-15,17,21-23,25H,5-8H2,1-4H3/t9?,10?,11?,12?,13-,14-,15?,17?,19+,20?/m1/s1. The lowest BCUT2D eigenvalue weighted by molar-refractivity contribution is -0.274. The number of hydrogen-bond acceptors (Lipinski definition) is 5. The molecule has 0 aliphatic heterocycles. The van der Waals surface area contributed by atoms with Crippen molar-refractivity contribution in [1.29, 1.82) is 0 Å². The number of hydrogen-bond donors (Lipinski definition) is 4. The molecule has 1 spiro atoms. The number of carbonyl (C=O) groups excluding carboxylic acids is 1. The van der Waals surface area contributed by atoms with Gasteiger partial charge in [0.25, 0.3) is 0 Å². The maximum absolute atomic E-state index is 13.3. The van der Waals surface area contributed by atoms with Crippen LogP contribution in [0.4, 0.5) is 0 Å². The van der Waals surface area contributed by atoms with Gasteiger partial charge in [-0.25, -0.2) is 0 Å². The Bertz CT molecular complexity index is 603. The Morgan fingerprint density at radius 3 is 2.28 bits per heavy atom. The quantitative estimate of drug-likeness (QED) is 0.524. The highest BCUT2D eigenvalue weighted by atomic mass is 16.3. The zero-order chi connectivity index (χ0) is 18.5. The Morgan fingerprint density at radius 2 is 1.64 bits per heavy atom. The minimum Gasteiger partial charge on any atom is -0.393 e. The van der Waals surface area contributed by atoms with Crippen molar-refractivity contribution in [1.82, 2.24) is 0 Å². The van der Waals surface area contributed by atoms with Crippen molar-refractivity contribution in [3.05, 3.63) is 0 Å². The van der Waals surface area contributed by atoms with Gasteiger partial charge >= 0.3 is 0 Å². The monoisotopic (exact) mass is 352 g/mol. The molecule has 0 saturated heterocycles. The molecule has 0 aromatic rings. The van der Waals surface area contributed by atoms with E-state index in [0.29, 0.717) is 19.3 Å². The summed E-state index contributed by atoms with van der Waals surface area (Å²) < 4.78 is 0. The summed E-state index contributed by atoms with van der Waals surface area (Å²) >= 11 is 0. The van der Waals surface area contributed by atoms with Gasteiger partial charge in [0.15, 0.2) is 0 Å². The first kappa shape index (κ1) is 17.9. The number of Topliss-reactive ketones (excluding diaryl/α,β-unsaturated/α-hetero) is 1. The van der Waals surface area contributed by atoms with Crippen LogP contribution in [-0.4, -0.2) is 50.6 Å². The summed E-state index contributed by atoms with van der Waals surface area (Å²) in [5.74, 6) is -1.39. The fraction of sp³-hybridized carbons (Fsp3) is 0.950. The van der Waals surface area contributed by atoms with Crippen LogP contribution in [0, 0.1) is 39.9 Å². The molecular weight excluding hydrogens is 320 g/mol. The summed E-state index contributed by atoms with van der Waals surface area (Å²) in [5.41, 5.74) is -2.11. The molecule has 0 heterocycles. The number of carbonyl (C=O) groups is 1. The first-order chi connectivity index (χ1) is 11.5. The molecule has 142 valence electrons. The van der Waals surface area contributed by atoms with Crippen LogP contribution in [-0.2, 0) is 4.79 Å². The predicted octanol–water partition coefficient (Wildman–Crippen LogP) is 1.12. The zero-order valence-electron chi connectivity index (χ0n) is 15.6. The molecule has 0 aromatic heterocycles. The van der Waals surface area contributed by atoms with E-state index in [2.05, 4.69) is 13.8 Å². The van der Waals surface area contributed by atoms with Gasteiger partial charge in [-0.15, -0.1) is 0 Å². The highest BCUT2D eigenvalue weighted by Gasteiger charge is 2.77. The average Bonchev–Trinajstić information content (AvgIpc) is 2.65. The molecule has 0 amide bonds. The summed E-state index contributed by atoms with van der Waals surface area (Å²) in [5, 5.41) is 44.3. The van der Waals surface area contributed by atoms with Crippen molar-refractivity contribution < 1.29 is 25.2 Å². The fourth-order valence-corrected chi connectivity index (χ4v) is 7.75. The minimum absolute atomic E-state index is 0.00326. The Balaban J connectivity index is 1.94. The lowest BCUT2D eigenvalue weighted by Gasteiger charge is -2.67. The van der Waals surface area contributed by atoms with Gasteiger partial charge in [-0.1, -0.05) is 27.7 Å². The average molecular weight is 352 g/mol. The third-order valence-corrected chi connectivity index (χ3v) is 8.95. The Morgan fingerprint density at radius 1 is 1.00 bits per heavy atom. The SMILES string of the molecule is CC1C(=O)C23C(O)C1CC(O)C2[C@@]1(C)C(C[C@H]3O)C(C)(C)CC[C@H]1O. The second kappa shape index (κ2) is 5.06. The molecule has 4 aliphatic carbocycles. The van der Waals surface area contributed by atoms with Crippen LogP contribution in [0.2, 0.25) is 0 Å². The summed E-state index contributed by atoms with van der Waals surface area (Å²) in [6, 6.07) is 0. The van der Waals surface area contributed by atoms with E-state index in [0.717, 1.165) is 6.42 Å².